The summed E-state index contributed by atoms with van der Waals surface area (Å²) >= 11 is 3.52. The average Bonchev–Trinajstić information content (AvgIpc) is 2.69. The van der Waals surface area contributed by atoms with Crippen LogP contribution < -0.4 is 5.32 Å². The summed E-state index contributed by atoms with van der Waals surface area (Å²) in [4.78, 5) is 4.07. The molecule has 1 saturated carbocycles. The van der Waals surface area contributed by atoms with Crippen molar-refractivity contribution in [1.82, 2.24) is 4.98 Å². The quantitative estimate of drug-likeness (QED) is 0.901. The summed E-state index contributed by atoms with van der Waals surface area (Å²) in [6.45, 7) is 2.28. The number of pyridine rings is 1. The molecule has 2 rings (SSSR count). The number of nitrogens with one attached hydrogen (secondary N) is 1. The van der Waals surface area contributed by atoms with Crippen molar-refractivity contribution in [3.05, 3.63) is 22.9 Å². The highest BCUT2D eigenvalue weighted by Crippen LogP contribution is 2.32. The molecule has 2 unspecified atom stereocenters. The van der Waals surface area contributed by atoms with Crippen molar-refractivity contribution in [2.24, 2.45) is 5.92 Å². The molecule has 15 heavy (non-hydrogen) atoms. The van der Waals surface area contributed by atoms with Gasteiger partial charge in [0.25, 0.3) is 0 Å². The van der Waals surface area contributed by atoms with Crippen molar-refractivity contribution in [3.63, 3.8) is 0 Å². The van der Waals surface area contributed by atoms with Crippen LogP contribution in [0.5, 0.6) is 0 Å². The second-order valence-corrected chi connectivity index (χ2v) is 5.06. The lowest BCUT2D eigenvalue weighted by molar-refractivity contribution is 0.489. The van der Waals surface area contributed by atoms with Crippen molar-refractivity contribution in [1.29, 1.82) is 0 Å². The summed E-state index contributed by atoms with van der Waals surface area (Å²) in [5, 5.41) is 3.62. The van der Waals surface area contributed by atoms with Gasteiger partial charge in [0.15, 0.2) is 0 Å². The second-order valence-electron chi connectivity index (χ2n) is 4.21. The van der Waals surface area contributed by atoms with Gasteiger partial charge in [-0.3, -0.25) is 4.98 Å². The number of rotatable bonds is 3. The van der Waals surface area contributed by atoms with Crippen molar-refractivity contribution in [2.75, 3.05) is 5.32 Å². The molecule has 1 aromatic heterocycles. The van der Waals surface area contributed by atoms with Crippen LogP contribution in [0, 0.1) is 5.92 Å². The van der Waals surface area contributed by atoms with Crippen LogP contribution in [0.2, 0.25) is 0 Å². The van der Waals surface area contributed by atoms with Gasteiger partial charge in [-0.15, -0.1) is 0 Å². The van der Waals surface area contributed by atoms with Crippen molar-refractivity contribution < 1.29 is 0 Å². The van der Waals surface area contributed by atoms with Crippen LogP contribution in [0.15, 0.2) is 22.9 Å². The van der Waals surface area contributed by atoms with E-state index in [1.807, 2.05) is 18.5 Å². The van der Waals surface area contributed by atoms with E-state index in [9.17, 15) is 0 Å². The van der Waals surface area contributed by atoms with Crippen LogP contribution in [0.3, 0.4) is 0 Å². The lowest BCUT2D eigenvalue weighted by Crippen LogP contribution is -2.23. The zero-order chi connectivity index (χ0) is 10.7. The van der Waals surface area contributed by atoms with Crippen molar-refractivity contribution in [3.8, 4) is 0 Å². The highest BCUT2D eigenvalue weighted by molar-refractivity contribution is 9.10. The first-order chi connectivity index (χ1) is 7.31. The van der Waals surface area contributed by atoms with Crippen LogP contribution in [0.1, 0.15) is 32.6 Å². The third kappa shape index (κ3) is 2.51. The van der Waals surface area contributed by atoms with E-state index in [1.165, 1.54) is 31.4 Å². The average molecular weight is 269 g/mol. The summed E-state index contributed by atoms with van der Waals surface area (Å²) in [6.07, 6.45) is 8.99. The third-order valence-corrected chi connectivity index (χ3v) is 3.93. The fourth-order valence-corrected chi connectivity index (χ4v) is 2.77. The molecule has 1 aliphatic carbocycles. The monoisotopic (exact) mass is 268 g/mol. The Morgan fingerprint density at radius 3 is 3.13 bits per heavy atom. The van der Waals surface area contributed by atoms with Crippen molar-refractivity contribution >= 4 is 21.6 Å². The van der Waals surface area contributed by atoms with Crippen LogP contribution in [-0.4, -0.2) is 11.0 Å². The smallest absolute Gasteiger partial charge is 0.0590 e. The van der Waals surface area contributed by atoms with E-state index in [2.05, 4.69) is 33.2 Å². The molecule has 1 aliphatic rings. The molecule has 1 aromatic rings. The predicted molar refractivity (Wildman–Crippen MR) is 67.0 cm³/mol. The van der Waals surface area contributed by atoms with E-state index in [1.54, 1.807) is 0 Å². The van der Waals surface area contributed by atoms with E-state index < -0.39 is 0 Å². The van der Waals surface area contributed by atoms with Gasteiger partial charge in [-0.25, -0.2) is 0 Å². The minimum atomic E-state index is 0.647. The van der Waals surface area contributed by atoms with Gasteiger partial charge < -0.3 is 5.32 Å². The first-order valence-corrected chi connectivity index (χ1v) is 6.46. The molecule has 0 spiro atoms. The van der Waals surface area contributed by atoms with E-state index in [0.717, 1.165) is 10.4 Å². The molecule has 2 atom stereocenters. The fourth-order valence-electron chi connectivity index (χ4n) is 2.41. The third-order valence-electron chi connectivity index (χ3n) is 3.30. The Bertz CT molecular complexity index is 327. The Hall–Kier alpha value is -0.570. The molecule has 0 aromatic carbocycles. The van der Waals surface area contributed by atoms with Crippen molar-refractivity contribution in [2.45, 2.75) is 38.6 Å². The van der Waals surface area contributed by atoms with Crippen LogP contribution >= 0.6 is 15.9 Å². The van der Waals surface area contributed by atoms with E-state index in [4.69, 9.17) is 0 Å². The van der Waals surface area contributed by atoms with Gasteiger partial charge in [0.1, 0.15) is 0 Å². The summed E-state index contributed by atoms with van der Waals surface area (Å²) < 4.78 is 1.06. The van der Waals surface area contributed by atoms with Gasteiger partial charge in [0.05, 0.1) is 10.2 Å². The first-order valence-electron chi connectivity index (χ1n) is 5.67. The molecule has 82 valence electrons. The molecular weight excluding hydrogens is 252 g/mol. The summed E-state index contributed by atoms with van der Waals surface area (Å²) in [7, 11) is 0. The molecule has 1 N–H and O–H groups in total. The maximum Gasteiger partial charge on any atom is 0.0590 e. The Labute approximate surface area is 99.6 Å². The predicted octanol–water partition coefficient (Wildman–Crippen LogP) is 3.83. The molecule has 0 aliphatic heterocycles. The highest BCUT2D eigenvalue weighted by atomic mass is 79.9. The minimum absolute atomic E-state index is 0.647. The lowest BCUT2D eigenvalue weighted by atomic mass is 10.0. The molecule has 3 heteroatoms. The molecule has 1 fully saturated rings. The number of hydrogen-bond acceptors (Lipinski definition) is 2. The Morgan fingerprint density at radius 1 is 1.53 bits per heavy atom. The Kier molecular flexibility index (Phi) is 3.62. The van der Waals surface area contributed by atoms with E-state index in [0.29, 0.717) is 6.04 Å². The second kappa shape index (κ2) is 4.97. The zero-order valence-electron chi connectivity index (χ0n) is 9.04. The molecule has 0 radical (unpaired) electrons. The topological polar surface area (TPSA) is 24.9 Å². The SMILES string of the molecule is CCC1CCCC1Nc1ccncc1Br. The van der Waals surface area contributed by atoms with Gasteiger partial charge in [0, 0.05) is 18.4 Å². The zero-order valence-corrected chi connectivity index (χ0v) is 10.6. The Balaban J connectivity index is 2.05. The van der Waals surface area contributed by atoms with Gasteiger partial charge in [-0.1, -0.05) is 19.8 Å². The molecule has 1 heterocycles. The Morgan fingerprint density at radius 2 is 2.40 bits per heavy atom. The van der Waals surface area contributed by atoms with Crippen LogP contribution in [-0.2, 0) is 0 Å². The molecular formula is C12H17BrN2. The summed E-state index contributed by atoms with van der Waals surface area (Å²) in [5.74, 6) is 0.838. The summed E-state index contributed by atoms with van der Waals surface area (Å²) in [6, 6.07) is 2.68. The molecule has 0 bridgehead atoms. The lowest BCUT2D eigenvalue weighted by Gasteiger charge is -2.21. The molecule has 0 saturated heterocycles. The van der Waals surface area contributed by atoms with E-state index in [-0.39, 0.29) is 0 Å². The number of halogens is 1. The summed E-state index contributed by atoms with van der Waals surface area (Å²) in [5.41, 5.74) is 1.18. The van der Waals surface area contributed by atoms with Gasteiger partial charge >= 0.3 is 0 Å². The maximum absolute atomic E-state index is 4.07. The normalized spacial score (nSPS) is 25.5. The highest BCUT2D eigenvalue weighted by Gasteiger charge is 2.25. The standard InChI is InChI=1S/C12H17BrN2/c1-2-9-4-3-5-11(9)15-12-6-7-14-8-10(12)13/h6-9,11H,2-5H2,1H3,(H,14,15). The molecule has 0 amide bonds. The number of nitrogens with zero attached hydrogens (tertiary/aromatic N) is 1. The number of hydrogen-bond donors (Lipinski definition) is 1. The van der Waals surface area contributed by atoms with Gasteiger partial charge in [-0.05, 0) is 40.8 Å². The van der Waals surface area contributed by atoms with Crippen LogP contribution in [0.25, 0.3) is 0 Å². The first kappa shape index (κ1) is 10.9. The van der Waals surface area contributed by atoms with E-state index >= 15 is 0 Å². The van der Waals surface area contributed by atoms with Gasteiger partial charge in [0.2, 0.25) is 0 Å². The largest absolute Gasteiger partial charge is 0.381 e. The fraction of sp³-hybridized carbons (Fsp3) is 0.583. The molecule has 2 nitrogen and oxygen atoms in total. The van der Waals surface area contributed by atoms with Gasteiger partial charge in [-0.2, -0.15) is 0 Å². The number of anilines is 1. The maximum atomic E-state index is 4.07. The number of aromatic nitrogens is 1. The minimum Gasteiger partial charge on any atom is -0.381 e. The van der Waals surface area contributed by atoms with Crippen LogP contribution in [0.4, 0.5) is 5.69 Å².